The van der Waals surface area contributed by atoms with Crippen molar-refractivity contribution in [3.05, 3.63) is 66.6 Å². The molecule has 0 aliphatic heterocycles. The van der Waals surface area contributed by atoms with Gasteiger partial charge in [0.2, 0.25) is 5.95 Å². The highest BCUT2D eigenvalue weighted by Crippen LogP contribution is 2.20. The maximum atomic E-state index is 4.51. The van der Waals surface area contributed by atoms with Crippen LogP contribution in [0.5, 0.6) is 0 Å². The van der Waals surface area contributed by atoms with E-state index in [1.807, 2.05) is 30.3 Å². The molecule has 1 aromatic carbocycles. The minimum Gasteiger partial charge on any atom is -0.372 e. The Kier molecular flexibility index (Phi) is 5.98. The fourth-order valence-electron chi connectivity index (χ4n) is 2.68. The Hall–Kier alpha value is -3.15. The smallest absolute Gasteiger partial charge is 0.229 e. The van der Waals surface area contributed by atoms with Gasteiger partial charge < -0.3 is 15.5 Å². The van der Waals surface area contributed by atoms with E-state index in [9.17, 15) is 0 Å². The third-order valence-electron chi connectivity index (χ3n) is 4.13. The topological polar surface area (TPSA) is 66.0 Å². The molecule has 3 aromatic rings. The molecule has 26 heavy (non-hydrogen) atoms. The molecule has 2 aromatic heterocycles. The molecule has 0 spiro atoms. The summed E-state index contributed by atoms with van der Waals surface area (Å²) in [4.78, 5) is 15.1. The normalized spacial score (nSPS) is 10.4. The van der Waals surface area contributed by atoms with Gasteiger partial charge in [-0.1, -0.05) is 0 Å². The molecule has 6 nitrogen and oxygen atoms in total. The van der Waals surface area contributed by atoms with Crippen molar-refractivity contribution in [1.82, 2.24) is 15.0 Å². The zero-order valence-corrected chi connectivity index (χ0v) is 15.2. The highest BCUT2D eigenvalue weighted by atomic mass is 15.1. The molecule has 0 radical (unpaired) electrons. The Labute approximate surface area is 154 Å². The van der Waals surface area contributed by atoms with Crippen LogP contribution in [0.1, 0.15) is 19.4 Å². The van der Waals surface area contributed by atoms with Crippen LogP contribution in [-0.4, -0.2) is 28.0 Å². The van der Waals surface area contributed by atoms with Gasteiger partial charge in [-0.2, -0.15) is 4.98 Å². The second-order valence-corrected chi connectivity index (χ2v) is 5.82. The third kappa shape index (κ3) is 4.69. The summed E-state index contributed by atoms with van der Waals surface area (Å²) in [5.41, 5.74) is 3.33. The van der Waals surface area contributed by atoms with Gasteiger partial charge in [-0.15, -0.1) is 0 Å². The fraction of sp³-hybridized carbons (Fsp3) is 0.250. The van der Waals surface area contributed by atoms with Crippen LogP contribution in [-0.2, 0) is 6.54 Å². The molecule has 134 valence electrons. The van der Waals surface area contributed by atoms with E-state index in [1.54, 1.807) is 18.6 Å². The molecule has 0 unspecified atom stereocenters. The summed E-state index contributed by atoms with van der Waals surface area (Å²) in [5.74, 6) is 1.35. The Balaban J connectivity index is 1.63. The van der Waals surface area contributed by atoms with Gasteiger partial charge in [-0.25, -0.2) is 4.98 Å². The van der Waals surface area contributed by atoms with Gasteiger partial charge in [0.1, 0.15) is 5.82 Å². The summed E-state index contributed by atoms with van der Waals surface area (Å²) < 4.78 is 0. The average Bonchev–Trinajstić information content (AvgIpc) is 2.70. The molecule has 2 N–H and O–H groups in total. The Morgan fingerprint density at radius 3 is 2.31 bits per heavy atom. The zero-order valence-electron chi connectivity index (χ0n) is 15.2. The van der Waals surface area contributed by atoms with Crippen molar-refractivity contribution in [2.24, 2.45) is 0 Å². The van der Waals surface area contributed by atoms with Crippen LogP contribution in [0.2, 0.25) is 0 Å². The standard InChI is InChI=1S/C20H24N6/c1-3-26(4-2)18-7-5-17(6-8-18)24-20-22-14-11-19(25-20)23-15-16-9-12-21-13-10-16/h5-14H,3-4,15H2,1-2H3,(H2,22,23,24,25). The van der Waals surface area contributed by atoms with E-state index in [-0.39, 0.29) is 0 Å². The van der Waals surface area contributed by atoms with Crippen LogP contribution in [0.15, 0.2) is 61.1 Å². The molecule has 0 atom stereocenters. The van der Waals surface area contributed by atoms with Gasteiger partial charge in [0, 0.05) is 49.6 Å². The van der Waals surface area contributed by atoms with Crippen LogP contribution in [0.4, 0.5) is 23.1 Å². The monoisotopic (exact) mass is 348 g/mol. The molecule has 0 saturated carbocycles. The maximum absolute atomic E-state index is 4.51. The minimum absolute atomic E-state index is 0.570. The Morgan fingerprint density at radius 2 is 1.62 bits per heavy atom. The summed E-state index contributed by atoms with van der Waals surface area (Å²) in [6.07, 6.45) is 5.31. The number of rotatable bonds is 8. The third-order valence-corrected chi connectivity index (χ3v) is 4.13. The van der Waals surface area contributed by atoms with E-state index in [4.69, 9.17) is 0 Å². The van der Waals surface area contributed by atoms with Gasteiger partial charge in [-0.3, -0.25) is 4.98 Å². The molecular formula is C20H24N6. The fourth-order valence-corrected chi connectivity index (χ4v) is 2.68. The van der Waals surface area contributed by atoms with Crippen LogP contribution >= 0.6 is 0 Å². The highest BCUT2D eigenvalue weighted by Gasteiger charge is 2.03. The SMILES string of the molecule is CCN(CC)c1ccc(Nc2nccc(NCc3ccncc3)n2)cc1. The first-order chi connectivity index (χ1) is 12.8. The molecule has 0 fully saturated rings. The maximum Gasteiger partial charge on any atom is 0.229 e. The largest absolute Gasteiger partial charge is 0.372 e. The number of pyridine rings is 1. The van der Waals surface area contributed by atoms with E-state index < -0.39 is 0 Å². The number of hydrogen-bond donors (Lipinski definition) is 2. The van der Waals surface area contributed by atoms with E-state index in [0.717, 1.165) is 30.2 Å². The summed E-state index contributed by atoms with van der Waals surface area (Å²) in [7, 11) is 0. The van der Waals surface area contributed by atoms with E-state index in [1.165, 1.54) is 5.69 Å². The molecule has 0 aliphatic carbocycles. The van der Waals surface area contributed by atoms with Gasteiger partial charge in [0.25, 0.3) is 0 Å². The van der Waals surface area contributed by atoms with Crippen molar-refractivity contribution in [3.8, 4) is 0 Å². The predicted octanol–water partition coefficient (Wildman–Crippen LogP) is 4.07. The second-order valence-electron chi connectivity index (χ2n) is 5.82. The lowest BCUT2D eigenvalue weighted by atomic mass is 10.2. The van der Waals surface area contributed by atoms with Gasteiger partial charge in [0.15, 0.2) is 0 Å². The van der Waals surface area contributed by atoms with Crippen molar-refractivity contribution < 1.29 is 0 Å². The van der Waals surface area contributed by atoms with Crippen LogP contribution in [0.3, 0.4) is 0 Å². The summed E-state index contributed by atoms with van der Waals surface area (Å²) in [6, 6.07) is 14.1. The van der Waals surface area contributed by atoms with E-state index in [2.05, 4.69) is 56.5 Å². The lowest BCUT2D eigenvalue weighted by molar-refractivity contribution is 0.866. The van der Waals surface area contributed by atoms with E-state index in [0.29, 0.717) is 12.5 Å². The minimum atomic E-state index is 0.570. The average molecular weight is 348 g/mol. The number of anilines is 4. The Bertz CT molecular complexity index is 800. The number of nitrogens with one attached hydrogen (secondary N) is 2. The molecule has 0 amide bonds. The molecule has 0 saturated heterocycles. The number of hydrogen-bond acceptors (Lipinski definition) is 6. The van der Waals surface area contributed by atoms with Gasteiger partial charge >= 0.3 is 0 Å². The van der Waals surface area contributed by atoms with Gasteiger partial charge in [0.05, 0.1) is 0 Å². The number of benzene rings is 1. The summed E-state index contributed by atoms with van der Waals surface area (Å²) in [6.45, 7) is 7.01. The second kappa shape index (κ2) is 8.80. The predicted molar refractivity (Wildman–Crippen MR) is 107 cm³/mol. The lowest BCUT2D eigenvalue weighted by Gasteiger charge is -2.21. The van der Waals surface area contributed by atoms with Crippen LogP contribution in [0, 0.1) is 0 Å². The Morgan fingerprint density at radius 1 is 0.885 bits per heavy atom. The molecule has 0 bridgehead atoms. The van der Waals surface area contributed by atoms with Crippen molar-refractivity contribution >= 4 is 23.1 Å². The van der Waals surface area contributed by atoms with Crippen molar-refractivity contribution in [1.29, 1.82) is 0 Å². The van der Waals surface area contributed by atoms with Crippen molar-refractivity contribution in [2.75, 3.05) is 28.6 Å². The highest BCUT2D eigenvalue weighted by molar-refractivity contribution is 5.60. The summed E-state index contributed by atoms with van der Waals surface area (Å²) in [5, 5.41) is 6.55. The van der Waals surface area contributed by atoms with Crippen LogP contribution in [0.25, 0.3) is 0 Å². The first kappa shape index (κ1) is 17.7. The molecule has 2 heterocycles. The van der Waals surface area contributed by atoms with Gasteiger partial charge in [-0.05, 0) is 61.9 Å². The molecule has 6 heteroatoms. The first-order valence-corrected chi connectivity index (χ1v) is 8.86. The quantitative estimate of drug-likeness (QED) is 0.640. The number of aromatic nitrogens is 3. The summed E-state index contributed by atoms with van der Waals surface area (Å²) >= 11 is 0. The zero-order chi connectivity index (χ0) is 18.2. The van der Waals surface area contributed by atoms with Crippen molar-refractivity contribution in [2.45, 2.75) is 20.4 Å². The molecular weight excluding hydrogens is 324 g/mol. The van der Waals surface area contributed by atoms with E-state index >= 15 is 0 Å². The first-order valence-electron chi connectivity index (χ1n) is 8.86. The van der Waals surface area contributed by atoms with Crippen molar-refractivity contribution in [3.63, 3.8) is 0 Å². The molecule has 0 aliphatic rings. The molecule has 3 rings (SSSR count). The number of nitrogens with zero attached hydrogens (tertiary/aromatic N) is 4. The van der Waals surface area contributed by atoms with Crippen LogP contribution < -0.4 is 15.5 Å². The lowest BCUT2D eigenvalue weighted by Crippen LogP contribution is -2.21.